The van der Waals surface area contributed by atoms with Gasteiger partial charge in [0.2, 0.25) is 0 Å². The van der Waals surface area contributed by atoms with E-state index >= 15 is 4.39 Å². The van der Waals surface area contributed by atoms with Gasteiger partial charge in [0.05, 0.1) is 43.6 Å². The maximum Gasteiger partial charge on any atom is 0.417 e. The van der Waals surface area contributed by atoms with E-state index in [-0.39, 0.29) is 54.4 Å². The number of methoxy groups -OCH3 is 1. The minimum atomic E-state index is -4.86. The average molecular weight is 714 g/mol. The lowest BCUT2D eigenvalue weighted by molar-refractivity contribution is -0.167. The molecule has 1 fully saturated rings. The maximum atomic E-state index is 15.5. The minimum Gasteiger partial charge on any atom is -0.493 e. The van der Waals surface area contributed by atoms with Crippen LogP contribution in [0.25, 0.3) is 11.1 Å². The number of amides is 1. The summed E-state index contributed by atoms with van der Waals surface area (Å²) in [5.41, 5.74) is -2.38. The Hall–Kier alpha value is -4.60. The van der Waals surface area contributed by atoms with Gasteiger partial charge < -0.3 is 29.0 Å². The number of halogens is 7. The van der Waals surface area contributed by atoms with E-state index in [1.54, 1.807) is 0 Å². The lowest BCUT2D eigenvalue weighted by Gasteiger charge is -2.38. The predicted octanol–water partition coefficient (Wildman–Crippen LogP) is 5.43. The van der Waals surface area contributed by atoms with Crippen LogP contribution in [0.15, 0.2) is 35.1 Å². The van der Waals surface area contributed by atoms with Crippen molar-refractivity contribution in [2.24, 2.45) is 7.05 Å². The Morgan fingerprint density at radius 2 is 1.80 bits per heavy atom. The molecule has 2 atom stereocenters. The van der Waals surface area contributed by atoms with Gasteiger partial charge in [-0.1, -0.05) is 12.1 Å². The van der Waals surface area contributed by atoms with Gasteiger partial charge in [-0.3, -0.25) is 9.59 Å². The first-order chi connectivity index (χ1) is 23.4. The molecule has 0 unspecified atom stereocenters. The highest BCUT2D eigenvalue weighted by molar-refractivity contribution is 5.98. The fraction of sp³-hybridized carbons (Fsp3) is 0.441. The number of pyridine rings is 1. The minimum absolute atomic E-state index is 0.00353. The molecular weight excluding hydrogens is 679 g/mol. The number of rotatable bonds is 7. The van der Waals surface area contributed by atoms with E-state index in [9.17, 15) is 40.7 Å². The second kappa shape index (κ2) is 14.0. The van der Waals surface area contributed by atoms with Gasteiger partial charge in [-0.25, -0.2) is 9.18 Å². The molecule has 3 heterocycles. The maximum absolute atomic E-state index is 15.5. The van der Waals surface area contributed by atoms with Gasteiger partial charge in [-0.05, 0) is 61.6 Å². The van der Waals surface area contributed by atoms with Crippen molar-refractivity contribution in [2.45, 2.75) is 57.5 Å². The van der Waals surface area contributed by atoms with Crippen molar-refractivity contribution in [2.75, 3.05) is 38.4 Å². The van der Waals surface area contributed by atoms with Crippen LogP contribution in [0.3, 0.4) is 0 Å². The van der Waals surface area contributed by atoms with Crippen molar-refractivity contribution in [1.82, 2.24) is 9.88 Å². The number of hydrogen-bond acceptors (Lipinski definition) is 7. The summed E-state index contributed by atoms with van der Waals surface area (Å²) in [4.78, 5) is 40.5. The molecule has 2 aliphatic rings. The van der Waals surface area contributed by atoms with Crippen LogP contribution in [0.5, 0.6) is 5.75 Å². The van der Waals surface area contributed by atoms with Gasteiger partial charge in [0.1, 0.15) is 23.7 Å². The van der Waals surface area contributed by atoms with E-state index in [0.717, 1.165) is 28.7 Å². The van der Waals surface area contributed by atoms with Crippen LogP contribution < -0.4 is 20.5 Å². The van der Waals surface area contributed by atoms with E-state index in [1.165, 1.54) is 39.1 Å². The molecule has 0 bridgehead atoms. The molecule has 0 saturated carbocycles. The number of hydrogen-bond donors (Lipinski definition) is 1. The lowest BCUT2D eigenvalue weighted by Crippen LogP contribution is -2.53. The molecule has 0 radical (unpaired) electrons. The monoisotopic (exact) mass is 713 g/mol. The second-order valence-electron chi connectivity index (χ2n) is 12.2. The summed E-state index contributed by atoms with van der Waals surface area (Å²) in [5.74, 6) is -3.05. The third-order valence-corrected chi connectivity index (χ3v) is 8.97. The summed E-state index contributed by atoms with van der Waals surface area (Å²) in [7, 11) is 2.42. The molecule has 2 aromatic carbocycles. The van der Waals surface area contributed by atoms with Crippen molar-refractivity contribution in [3.8, 4) is 16.9 Å². The largest absolute Gasteiger partial charge is 0.493 e. The number of carbonyl (C=O) groups is 2. The Morgan fingerprint density at radius 3 is 2.44 bits per heavy atom. The quantitative estimate of drug-likeness (QED) is 0.258. The molecular formula is C34H34F7N3O6. The smallest absolute Gasteiger partial charge is 0.417 e. The van der Waals surface area contributed by atoms with Crippen molar-refractivity contribution < 1.29 is 54.5 Å². The summed E-state index contributed by atoms with van der Waals surface area (Å²) in [6, 6.07) is 2.22. The van der Waals surface area contributed by atoms with Gasteiger partial charge in [0, 0.05) is 37.0 Å². The molecule has 1 N–H and O–H groups in total. The fourth-order valence-corrected chi connectivity index (χ4v) is 6.37. The van der Waals surface area contributed by atoms with E-state index in [2.05, 4.69) is 5.32 Å². The number of nitrogens with zero attached hydrogens (tertiary/aromatic N) is 2. The molecule has 0 aliphatic carbocycles. The van der Waals surface area contributed by atoms with Crippen molar-refractivity contribution >= 4 is 17.6 Å². The van der Waals surface area contributed by atoms with Gasteiger partial charge in [0.15, 0.2) is 0 Å². The molecule has 2 aliphatic heterocycles. The SMILES string of the molecule is COC(=O)[C@H](Cc1ccc(-c2c(C(F)(F)F)cc(C)n(C)c2=O)c2c1CCCO2)NC(=O)c1c(C)cc(N2CCOC[C@@H]2C(F)(F)F)cc1F. The Kier molecular flexibility index (Phi) is 10.2. The number of morpholine rings is 1. The topological polar surface area (TPSA) is 99.1 Å². The Balaban J connectivity index is 1.49. The van der Waals surface area contributed by atoms with E-state index in [0.29, 0.717) is 24.0 Å². The van der Waals surface area contributed by atoms with Crippen LogP contribution in [0.4, 0.5) is 36.4 Å². The Labute approximate surface area is 281 Å². The molecule has 1 saturated heterocycles. The zero-order valence-electron chi connectivity index (χ0n) is 27.5. The summed E-state index contributed by atoms with van der Waals surface area (Å²) in [5, 5.41) is 2.44. The van der Waals surface area contributed by atoms with Gasteiger partial charge in [-0.2, -0.15) is 26.3 Å². The van der Waals surface area contributed by atoms with Crippen LogP contribution in [0, 0.1) is 19.7 Å². The number of esters is 1. The van der Waals surface area contributed by atoms with Gasteiger partial charge in [-0.15, -0.1) is 0 Å². The summed E-state index contributed by atoms with van der Waals surface area (Å²) < 4.78 is 116. The third kappa shape index (κ3) is 7.16. The molecule has 1 aromatic heterocycles. The standard InChI is InChI=1S/C34H34F7N3O6/c1-17-12-20(44-9-11-49-16-26(44)34(39,40)41)15-24(35)27(17)30(45)42-25(32(47)48-4)14-19-7-8-22(29-21(19)6-5-10-50-29)28-23(33(36,37)38)13-18(2)43(3)31(28)46/h7-8,12-13,15,25-26H,5-6,9-11,14,16H2,1-4H3,(H,42,45)/t25-,26+/m0/s1. The Bertz CT molecular complexity index is 1850. The van der Waals surface area contributed by atoms with Crippen molar-refractivity contribution in [1.29, 1.82) is 0 Å². The predicted molar refractivity (Wildman–Crippen MR) is 167 cm³/mol. The van der Waals surface area contributed by atoms with Crippen LogP contribution in [-0.2, 0) is 40.3 Å². The molecule has 16 heteroatoms. The number of benzene rings is 2. The number of fused-ring (bicyclic) bond motifs is 1. The van der Waals surface area contributed by atoms with Crippen LogP contribution in [-0.4, -0.2) is 68.2 Å². The van der Waals surface area contributed by atoms with Crippen molar-refractivity contribution in [3.05, 3.63) is 80.0 Å². The van der Waals surface area contributed by atoms with Crippen LogP contribution in [0.2, 0.25) is 0 Å². The first kappa shape index (κ1) is 36.7. The summed E-state index contributed by atoms with van der Waals surface area (Å²) in [6.45, 7) is 2.05. The Morgan fingerprint density at radius 1 is 1.08 bits per heavy atom. The molecule has 3 aromatic rings. The summed E-state index contributed by atoms with van der Waals surface area (Å²) >= 11 is 0. The third-order valence-electron chi connectivity index (χ3n) is 8.97. The highest BCUT2D eigenvalue weighted by Crippen LogP contribution is 2.43. The second-order valence-corrected chi connectivity index (χ2v) is 12.2. The first-order valence-electron chi connectivity index (χ1n) is 15.6. The summed E-state index contributed by atoms with van der Waals surface area (Å²) in [6.07, 6.45) is -8.99. The van der Waals surface area contributed by atoms with E-state index in [4.69, 9.17) is 14.2 Å². The van der Waals surface area contributed by atoms with Crippen molar-refractivity contribution in [3.63, 3.8) is 0 Å². The molecule has 0 spiro atoms. The average Bonchev–Trinajstić information content (AvgIpc) is 3.05. The van der Waals surface area contributed by atoms with Crippen LogP contribution in [0.1, 0.15) is 44.7 Å². The molecule has 9 nitrogen and oxygen atoms in total. The highest BCUT2D eigenvalue weighted by atomic mass is 19.4. The number of carbonyl (C=O) groups excluding carboxylic acids is 2. The zero-order valence-corrected chi connectivity index (χ0v) is 27.5. The normalized spacial score (nSPS) is 17.1. The number of nitrogens with one attached hydrogen (secondary N) is 1. The fourth-order valence-electron chi connectivity index (χ4n) is 6.37. The number of alkyl halides is 6. The number of aromatic nitrogens is 1. The zero-order chi connectivity index (χ0) is 36.7. The number of anilines is 1. The van der Waals surface area contributed by atoms with Crippen LogP contribution >= 0.6 is 0 Å². The number of aryl methyl sites for hydroxylation is 2. The molecule has 1 amide bonds. The molecule has 270 valence electrons. The molecule has 5 rings (SSSR count). The van der Waals surface area contributed by atoms with Gasteiger partial charge >= 0.3 is 18.3 Å². The number of ether oxygens (including phenoxy) is 3. The van der Waals surface area contributed by atoms with Gasteiger partial charge in [0.25, 0.3) is 11.5 Å². The van der Waals surface area contributed by atoms with E-state index < -0.39 is 71.0 Å². The molecule has 50 heavy (non-hydrogen) atoms. The first-order valence-corrected chi connectivity index (χ1v) is 15.6. The van der Waals surface area contributed by atoms with E-state index in [1.807, 2.05) is 0 Å². The lowest BCUT2D eigenvalue weighted by atomic mass is 9.89. The highest BCUT2D eigenvalue weighted by Gasteiger charge is 2.46.